The number of para-hydroxylation sites is 1. The van der Waals surface area contributed by atoms with E-state index >= 15 is 0 Å². The first-order chi connectivity index (χ1) is 5.83. The SMILES string of the molecule is CC(CCN)Oc1ccccc1. The maximum atomic E-state index is 5.57. The minimum Gasteiger partial charge on any atom is -0.491 e. The Morgan fingerprint density at radius 1 is 1.33 bits per heavy atom. The number of ether oxygens (including phenoxy) is 1. The number of hydrogen-bond acceptors (Lipinski definition) is 2. The van der Waals surface area contributed by atoms with Crippen molar-refractivity contribution < 1.29 is 4.74 Å². The van der Waals surface area contributed by atoms with E-state index in [1.165, 1.54) is 0 Å². The molecule has 0 fully saturated rings. The summed E-state index contributed by atoms with van der Waals surface area (Å²) >= 11 is 0. The van der Waals surface area contributed by atoms with Gasteiger partial charge >= 0.3 is 0 Å². The van der Waals surface area contributed by atoms with Gasteiger partial charge in [-0.1, -0.05) is 18.2 Å². The molecule has 1 rings (SSSR count). The highest BCUT2D eigenvalue weighted by Crippen LogP contribution is 2.11. The van der Waals surface area contributed by atoms with Gasteiger partial charge in [0.15, 0.2) is 0 Å². The lowest BCUT2D eigenvalue weighted by atomic mass is 10.3. The summed E-state index contributed by atoms with van der Waals surface area (Å²) < 4.78 is 5.57. The van der Waals surface area contributed by atoms with E-state index in [0.29, 0.717) is 6.54 Å². The van der Waals surface area contributed by atoms with Crippen molar-refractivity contribution >= 4 is 0 Å². The van der Waals surface area contributed by atoms with Crippen molar-refractivity contribution in [2.75, 3.05) is 6.54 Å². The van der Waals surface area contributed by atoms with Gasteiger partial charge in [0.1, 0.15) is 5.75 Å². The summed E-state index contributed by atoms with van der Waals surface area (Å²) in [4.78, 5) is 0. The molecule has 0 bridgehead atoms. The maximum Gasteiger partial charge on any atom is 0.119 e. The summed E-state index contributed by atoms with van der Waals surface area (Å²) in [6, 6.07) is 9.80. The van der Waals surface area contributed by atoms with E-state index in [4.69, 9.17) is 10.5 Å². The van der Waals surface area contributed by atoms with Crippen LogP contribution in [0.3, 0.4) is 0 Å². The van der Waals surface area contributed by atoms with Crippen LogP contribution in [0.1, 0.15) is 13.3 Å². The van der Waals surface area contributed by atoms with Gasteiger partial charge in [0.25, 0.3) is 0 Å². The van der Waals surface area contributed by atoms with Crippen LogP contribution in [-0.2, 0) is 0 Å². The third-order valence-electron chi connectivity index (χ3n) is 1.65. The van der Waals surface area contributed by atoms with Gasteiger partial charge in [0.2, 0.25) is 0 Å². The Morgan fingerprint density at radius 3 is 2.58 bits per heavy atom. The topological polar surface area (TPSA) is 35.2 Å². The number of hydrogen-bond donors (Lipinski definition) is 1. The molecule has 0 aliphatic rings. The van der Waals surface area contributed by atoms with Crippen LogP contribution in [-0.4, -0.2) is 12.6 Å². The summed E-state index contributed by atoms with van der Waals surface area (Å²) in [5, 5.41) is 0. The van der Waals surface area contributed by atoms with E-state index in [-0.39, 0.29) is 6.10 Å². The van der Waals surface area contributed by atoms with E-state index in [9.17, 15) is 0 Å². The Hall–Kier alpha value is -1.02. The van der Waals surface area contributed by atoms with E-state index < -0.39 is 0 Å². The summed E-state index contributed by atoms with van der Waals surface area (Å²) in [6.07, 6.45) is 1.10. The zero-order chi connectivity index (χ0) is 8.81. The van der Waals surface area contributed by atoms with Crippen LogP contribution in [0.4, 0.5) is 0 Å². The largest absolute Gasteiger partial charge is 0.491 e. The van der Waals surface area contributed by atoms with Crippen molar-refractivity contribution in [2.45, 2.75) is 19.4 Å². The first kappa shape index (κ1) is 9.07. The summed E-state index contributed by atoms with van der Waals surface area (Å²) in [6.45, 7) is 2.70. The molecule has 1 unspecified atom stereocenters. The molecule has 1 aromatic rings. The van der Waals surface area contributed by atoms with Crippen molar-refractivity contribution in [1.29, 1.82) is 0 Å². The van der Waals surface area contributed by atoms with Gasteiger partial charge in [-0.15, -0.1) is 0 Å². The molecule has 0 saturated carbocycles. The Bertz CT molecular complexity index is 210. The fourth-order valence-electron chi connectivity index (χ4n) is 1.03. The minimum absolute atomic E-state index is 0.206. The van der Waals surface area contributed by atoms with Gasteiger partial charge in [-0.05, 0) is 32.0 Å². The Kier molecular flexibility index (Phi) is 3.61. The predicted molar refractivity (Wildman–Crippen MR) is 50.2 cm³/mol. The molecule has 0 radical (unpaired) electrons. The molecule has 1 aromatic carbocycles. The Morgan fingerprint density at radius 2 is 2.00 bits per heavy atom. The predicted octanol–water partition coefficient (Wildman–Crippen LogP) is 1.80. The van der Waals surface area contributed by atoms with E-state index in [1.807, 2.05) is 37.3 Å². The normalized spacial score (nSPS) is 12.5. The van der Waals surface area contributed by atoms with Gasteiger partial charge in [-0.3, -0.25) is 0 Å². The van der Waals surface area contributed by atoms with Gasteiger partial charge in [-0.2, -0.15) is 0 Å². The van der Waals surface area contributed by atoms with Crippen LogP contribution in [0.25, 0.3) is 0 Å². The van der Waals surface area contributed by atoms with Crippen LogP contribution in [0, 0.1) is 0 Å². The van der Waals surface area contributed by atoms with E-state index in [1.54, 1.807) is 0 Å². The quantitative estimate of drug-likeness (QED) is 0.738. The van der Waals surface area contributed by atoms with Crippen LogP contribution in [0.15, 0.2) is 30.3 Å². The van der Waals surface area contributed by atoms with E-state index in [0.717, 1.165) is 12.2 Å². The van der Waals surface area contributed by atoms with Crippen LogP contribution >= 0.6 is 0 Å². The van der Waals surface area contributed by atoms with Crippen molar-refractivity contribution in [2.24, 2.45) is 5.73 Å². The zero-order valence-electron chi connectivity index (χ0n) is 7.36. The average Bonchev–Trinajstić information content (AvgIpc) is 2.06. The lowest BCUT2D eigenvalue weighted by molar-refractivity contribution is 0.214. The fourth-order valence-corrected chi connectivity index (χ4v) is 1.03. The van der Waals surface area contributed by atoms with E-state index in [2.05, 4.69) is 0 Å². The van der Waals surface area contributed by atoms with Gasteiger partial charge in [0.05, 0.1) is 6.10 Å². The Balaban J connectivity index is 2.41. The molecule has 2 heteroatoms. The molecule has 2 N–H and O–H groups in total. The smallest absolute Gasteiger partial charge is 0.119 e. The standard InChI is InChI=1S/C10H15NO/c1-9(7-8-11)12-10-5-3-2-4-6-10/h2-6,9H,7-8,11H2,1H3. The van der Waals surface area contributed by atoms with Crippen LogP contribution in [0.2, 0.25) is 0 Å². The highest BCUT2D eigenvalue weighted by atomic mass is 16.5. The third-order valence-corrected chi connectivity index (χ3v) is 1.65. The second kappa shape index (κ2) is 4.78. The van der Waals surface area contributed by atoms with Gasteiger partial charge in [0, 0.05) is 0 Å². The molecule has 12 heavy (non-hydrogen) atoms. The van der Waals surface area contributed by atoms with Crippen molar-refractivity contribution in [3.63, 3.8) is 0 Å². The summed E-state index contributed by atoms with van der Waals surface area (Å²) in [7, 11) is 0. The molecule has 0 amide bonds. The second-order valence-corrected chi connectivity index (χ2v) is 2.82. The number of rotatable bonds is 4. The molecule has 0 spiro atoms. The monoisotopic (exact) mass is 165 g/mol. The lowest BCUT2D eigenvalue weighted by Gasteiger charge is -2.12. The minimum atomic E-state index is 0.206. The van der Waals surface area contributed by atoms with Crippen molar-refractivity contribution in [3.05, 3.63) is 30.3 Å². The molecule has 66 valence electrons. The second-order valence-electron chi connectivity index (χ2n) is 2.82. The molecule has 0 aliphatic carbocycles. The van der Waals surface area contributed by atoms with Crippen LogP contribution < -0.4 is 10.5 Å². The Labute approximate surface area is 73.3 Å². The highest BCUT2D eigenvalue weighted by molar-refractivity contribution is 5.21. The maximum absolute atomic E-state index is 5.57. The van der Waals surface area contributed by atoms with Crippen molar-refractivity contribution in [1.82, 2.24) is 0 Å². The van der Waals surface area contributed by atoms with Crippen molar-refractivity contribution in [3.8, 4) is 5.75 Å². The third kappa shape index (κ3) is 2.93. The fraction of sp³-hybridized carbons (Fsp3) is 0.400. The molecule has 2 nitrogen and oxygen atoms in total. The zero-order valence-corrected chi connectivity index (χ0v) is 7.36. The number of benzene rings is 1. The van der Waals surface area contributed by atoms with Gasteiger partial charge in [-0.25, -0.2) is 0 Å². The van der Waals surface area contributed by atoms with Gasteiger partial charge < -0.3 is 10.5 Å². The lowest BCUT2D eigenvalue weighted by Crippen LogP contribution is -2.16. The molecular weight excluding hydrogens is 150 g/mol. The first-order valence-corrected chi connectivity index (χ1v) is 4.24. The molecule has 0 heterocycles. The molecule has 0 aromatic heterocycles. The average molecular weight is 165 g/mol. The summed E-state index contributed by atoms with van der Waals surface area (Å²) in [5.74, 6) is 0.915. The summed E-state index contributed by atoms with van der Waals surface area (Å²) in [5.41, 5.74) is 5.40. The molecule has 1 atom stereocenters. The van der Waals surface area contributed by atoms with Crippen LogP contribution in [0.5, 0.6) is 5.75 Å². The highest BCUT2D eigenvalue weighted by Gasteiger charge is 2.00. The first-order valence-electron chi connectivity index (χ1n) is 4.24. The molecule has 0 aliphatic heterocycles. The number of nitrogens with two attached hydrogens (primary N) is 1. The molecular formula is C10H15NO. The molecule has 0 saturated heterocycles.